The number of rotatable bonds is 5. The molecule has 178 valence electrons. The van der Waals surface area contributed by atoms with Gasteiger partial charge in [-0.05, 0) is 25.6 Å². The van der Waals surface area contributed by atoms with Crippen LogP contribution in [0.3, 0.4) is 0 Å². The lowest BCUT2D eigenvalue weighted by molar-refractivity contribution is -0.113. The molecule has 0 aromatic heterocycles. The van der Waals surface area contributed by atoms with Gasteiger partial charge in [0.25, 0.3) is 0 Å². The summed E-state index contributed by atoms with van der Waals surface area (Å²) in [4.78, 5) is 25.4. The molecule has 1 amide bonds. The molecule has 1 N–H and O–H groups in total. The normalized spacial score (nSPS) is 19.0. The predicted octanol–water partition coefficient (Wildman–Crippen LogP) is 4.15. The Morgan fingerprint density at radius 3 is 2.53 bits per heavy atom. The molecule has 1 fully saturated rings. The van der Waals surface area contributed by atoms with Gasteiger partial charge in [0.1, 0.15) is 18.3 Å². The van der Waals surface area contributed by atoms with E-state index in [0.29, 0.717) is 30.4 Å². The van der Waals surface area contributed by atoms with Crippen molar-refractivity contribution in [1.82, 2.24) is 4.90 Å². The molecular weight excluding hydrogens is 448 g/mol. The van der Waals surface area contributed by atoms with Gasteiger partial charge < -0.3 is 19.7 Å². The van der Waals surface area contributed by atoms with Gasteiger partial charge in [0.15, 0.2) is 17.2 Å². The molecule has 3 heterocycles. The van der Waals surface area contributed by atoms with Crippen molar-refractivity contribution in [3.8, 4) is 11.5 Å². The molecule has 0 saturated carbocycles. The smallest absolute Gasteiger partial charge is 0.234 e. The van der Waals surface area contributed by atoms with E-state index in [2.05, 4.69) is 48.3 Å². The molecule has 7 nitrogen and oxygen atoms in total. The van der Waals surface area contributed by atoms with E-state index in [1.165, 1.54) is 17.3 Å². The standard InChI is InChI=1S/C26H30N4O3S/c1-3-30-12-10-26(11-13-30)28-24(19-6-4-18(2)5-7-19)25(29-26)34-17-23(31)27-20-8-9-21-22(16-20)33-15-14-32-21/h4-9,16H,3,10-15,17H2,1-2H3,(H,27,31). The Kier molecular flexibility index (Phi) is 6.61. The number of aliphatic imine (C=N–C) groups is 2. The van der Waals surface area contributed by atoms with Gasteiger partial charge in [-0.15, -0.1) is 0 Å². The number of hydrogen-bond acceptors (Lipinski definition) is 7. The van der Waals surface area contributed by atoms with Crippen LogP contribution >= 0.6 is 11.8 Å². The summed E-state index contributed by atoms with van der Waals surface area (Å²) in [5.74, 6) is 1.53. The number of piperidine rings is 1. The zero-order chi connectivity index (χ0) is 23.5. The number of thioether (sulfide) groups is 1. The maximum Gasteiger partial charge on any atom is 0.234 e. The van der Waals surface area contributed by atoms with Crippen LogP contribution in [-0.2, 0) is 4.79 Å². The molecule has 0 unspecified atom stereocenters. The molecule has 2 aromatic carbocycles. The van der Waals surface area contributed by atoms with E-state index in [1.54, 1.807) is 6.07 Å². The van der Waals surface area contributed by atoms with Crippen molar-refractivity contribution in [3.63, 3.8) is 0 Å². The first-order valence-corrected chi connectivity index (χ1v) is 12.8. The van der Waals surface area contributed by atoms with Gasteiger partial charge in [-0.1, -0.05) is 48.5 Å². The molecule has 34 heavy (non-hydrogen) atoms. The molecule has 3 aliphatic rings. The van der Waals surface area contributed by atoms with Gasteiger partial charge in [0.2, 0.25) is 5.91 Å². The largest absolute Gasteiger partial charge is 0.486 e. The van der Waals surface area contributed by atoms with Crippen LogP contribution in [0.25, 0.3) is 0 Å². The number of aryl methyl sites for hydroxylation is 1. The Labute approximate surface area is 204 Å². The topological polar surface area (TPSA) is 75.5 Å². The first-order chi connectivity index (χ1) is 16.5. The highest BCUT2D eigenvalue weighted by Crippen LogP contribution is 2.36. The SMILES string of the molecule is CCN1CCC2(CC1)N=C(SCC(=O)Nc1ccc3c(c1)OCCO3)C(c1ccc(C)cc1)=N2. The molecule has 1 spiro atoms. The van der Waals surface area contributed by atoms with Crippen LogP contribution in [0.4, 0.5) is 5.69 Å². The van der Waals surface area contributed by atoms with Crippen molar-refractivity contribution >= 4 is 34.1 Å². The van der Waals surface area contributed by atoms with Crippen molar-refractivity contribution in [3.05, 3.63) is 53.6 Å². The van der Waals surface area contributed by atoms with Gasteiger partial charge in [0.05, 0.1) is 11.5 Å². The fraction of sp³-hybridized carbons (Fsp3) is 0.423. The van der Waals surface area contributed by atoms with Crippen molar-refractivity contribution in [1.29, 1.82) is 0 Å². The summed E-state index contributed by atoms with van der Waals surface area (Å²) in [5, 5.41) is 3.82. The number of likely N-dealkylation sites (tertiary alicyclic amines) is 1. The van der Waals surface area contributed by atoms with Crippen LogP contribution in [-0.4, -0.2) is 65.8 Å². The van der Waals surface area contributed by atoms with Gasteiger partial charge in [-0.3, -0.25) is 9.79 Å². The maximum atomic E-state index is 12.8. The molecular formula is C26H30N4O3S. The summed E-state index contributed by atoms with van der Waals surface area (Å²) in [6.07, 6.45) is 1.81. The number of anilines is 1. The number of amides is 1. The minimum Gasteiger partial charge on any atom is -0.486 e. The molecule has 5 rings (SSSR count). The molecule has 2 aromatic rings. The van der Waals surface area contributed by atoms with Crippen LogP contribution in [0.2, 0.25) is 0 Å². The van der Waals surface area contributed by atoms with Crippen molar-refractivity contribution in [2.75, 3.05) is 43.9 Å². The van der Waals surface area contributed by atoms with Crippen LogP contribution < -0.4 is 14.8 Å². The molecule has 0 atom stereocenters. The van der Waals surface area contributed by atoms with Crippen LogP contribution in [0.1, 0.15) is 30.9 Å². The third-order valence-electron chi connectivity index (χ3n) is 6.43. The fourth-order valence-electron chi connectivity index (χ4n) is 4.43. The summed E-state index contributed by atoms with van der Waals surface area (Å²) in [6, 6.07) is 13.9. The number of nitrogens with zero attached hydrogens (tertiary/aromatic N) is 3. The third kappa shape index (κ3) is 4.98. The zero-order valence-corrected chi connectivity index (χ0v) is 20.5. The van der Waals surface area contributed by atoms with Gasteiger partial charge in [-0.2, -0.15) is 0 Å². The minimum atomic E-state index is -0.402. The summed E-state index contributed by atoms with van der Waals surface area (Å²) < 4.78 is 11.2. The van der Waals surface area contributed by atoms with E-state index < -0.39 is 5.66 Å². The molecule has 1 saturated heterocycles. The number of fused-ring (bicyclic) bond motifs is 1. The molecule has 8 heteroatoms. The van der Waals surface area contributed by atoms with E-state index in [0.717, 1.165) is 48.8 Å². The Morgan fingerprint density at radius 1 is 1.06 bits per heavy atom. The molecule has 0 aliphatic carbocycles. The number of carbonyl (C=O) groups excluding carboxylic acids is 1. The third-order valence-corrected chi connectivity index (χ3v) is 7.39. The minimum absolute atomic E-state index is 0.0885. The fourth-order valence-corrected chi connectivity index (χ4v) is 5.30. The van der Waals surface area contributed by atoms with E-state index in [4.69, 9.17) is 19.5 Å². The number of carbonyl (C=O) groups is 1. The maximum absolute atomic E-state index is 12.8. The van der Waals surface area contributed by atoms with Gasteiger partial charge in [0, 0.05) is 43.2 Å². The van der Waals surface area contributed by atoms with Crippen molar-refractivity contribution in [2.24, 2.45) is 9.98 Å². The van der Waals surface area contributed by atoms with Crippen LogP contribution in [0.5, 0.6) is 11.5 Å². The first kappa shape index (κ1) is 22.9. The second-order valence-electron chi connectivity index (χ2n) is 8.86. The van der Waals surface area contributed by atoms with E-state index in [-0.39, 0.29) is 11.7 Å². The van der Waals surface area contributed by atoms with Crippen molar-refractivity contribution < 1.29 is 14.3 Å². The van der Waals surface area contributed by atoms with Crippen LogP contribution in [0.15, 0.2) is 52.4 Å². The van der Waals surface area contributed by atoms with Gasteiger partial charge in [-0.25, -0.2) is 4.99 Å². The average molecular weight is 479 g/mol. The predicted molar refractivity (Wildman–Crippen MR) is 138 cm³/mol. The Morgan fingerprint density at radius 2 is 1.79 bits per heavy atom. The second kappa shape index (κ2) is 9.80. The molecule has 0 radical (unpaired) electrons. The number of ether oxygens (including phenoxy) is 2. The Hall–Kier alpha value is -2.84. The van der Waals surface area contributed by atoms with Crippen LogP contribution in [0, 0.1) is 6.92 Å². The second-order valence-corrected chi connectivity index (χ2v) is 9.82. The van der Waals surface area contributed by atoms with E-state index in [1.807, 2.05) is 12.1 Å². The van der Waals surface area contributed by atoms with Gasteiger partial charge >= 0.3 is 0 Å². The number of nitrogens with one attached hydrogen (secondary N) is 1. The summed E-state index contributed by atoms with van der Waals surface area (Å²) >= 11 is 1.46. The average Bonchev–Trinajstić information content (AvgIpc) is 3.21. The Balaban J connectivity index is 1.29. The highest BCUT2D eigenvalue weighted by Gasteiger charge is 2.39. The van der Waals surface area contributed by atoms with E-state index in [9.17, 15) is 4.79 Å². The van der Waals surface area contributed by atoms with E-state index >= 15 is 0 Å². The lowest BCUT2D eigenvalue weighted by Gasteiger charge is -2.34. The lowest BCUT2D eigenvalue weighted by atomic mass is 9.98. The zero-order valence-electron chi connectivity index (χ0n) is 19.7. The summed E-state index contributed by atoms with van der Waals surface area (Å²) in [7, 11) is 0. The Bertz CT molecular complexity index is 1120. The number of hydrogen-bond donors (Lipinski definition) is 1. The summed E-state index contributed by atoms with van der Waals surface area (Å²) in [5.41, 5.74) is 3.46. The monoisotopic (exact) mass is 478 g/mol. The highest BCUT2D eigenvalue weighted by atomic mass is 32.2. The highest BCUT2D eigenvalue weighted by molar-refractivity contribution is 8.16. The van der Waals surface area contributed by atoms with Crippen molar-refractivity contribution in [2.45, 2.75) is 32.4 Å². The molecule has 3 aliphatic heterocycles. The quantitative estimate of drug-likeness (QED) is 0.699. The lowest BCUT2D eigenvalue weighted by Crippen LogP contribution is -2.41. The first-order valence-electron chi connectivity index (χ1n) is 11.9. The molecule has 0 bridgehead atoms. The number of benzene rings is 2. The summed E-state index contributed by atoms with van der Waals surface area (Å²) in [6.45, 7) is 8.36.